The van der Waals surface area contributed by atoms with Crippen LogP contribution in [-0.2, 0) is 0 Å². The van der Waals surface area contributed by atoms with E-state index in [9.17, 15) is 4.79 Å². The lowest BCUT2D eigenvalue weighted by atomic mass is 10.2. The first kappa shape index (κ1) is 24.9. The van der Waals surface area contributed by atoms with Crippen LogP contribution in [0, 0.1) is 6.92 Å². The molecule has 0 bridgehead atoms. The first-order valence-electron chi connectivity index (χ1n) is 11.6. The van der Waals surface area contributed by atoms with E-state index in [1.807, 2.05) is 31.2 Å². The highest BCUT2D eigenvalue weighted by atomic mass is 35.5. The number of hydrogen-bond donors (Lipinski definition) is 2. The van der Waals surface area contributed by atoms with Gasteiger partial charge in [0.25, 0.3) is 5.91 Å². The highest BCUT2D eigenvalue weighted by molar-refractivity contribution is 6.34. The molecule has 12 heteroatoms. The number of aromatic nitrogens is 4. The number of aryl methyl sites for hydroxylation is 1. The molecule has 0 spiro atoms. The second kappa shape index (κ2) is 10.7. The summed E-state index contributed by atoms with van der Waals surface area (Å²) in [5.41, 5.74) is 2.13. The van der Waals surface area contributed by atoms with Gasteiger partial charge < -0.3 is 19.5 Å². The number of para-hydroxylation sites is 1. The number of nitrogens with one attached hydrogen (secondary N) is 2. The summed E-state index contributed by atoms with van der Waals surface area (Å²) in [6.07, 6.45) is 1.33. The van der Waals surface area contributed by atoms with E-state index >= 15 is 0 Å². The summed E-state index contributed by atoms with van der Waals surface area (Å²) < 4.78 is 5.65. The zero-order chi connectivity index (χ0) is 25.9. The van der Waals surface area contributed by atoms with Crippen molar-refractivity contribution in [2.75, 3.05) is 48.8 Å². The molecular formula is C25H24Cl2N8O2. The molecule has 2 aromatic heterocycles. The third kappa shape index (κ3) is 5.82. The van der Waals surface area contributed by atoms with Crippen molar-refractivity contribution < 1.29 is 9.21 Å². The number of oxazole rings is 1. The molecular weight excluding hydrogens is 515 g/mol. The van der Waals surface area contributed by atoms with E-state index < -0.39 is 5.91 Å². The third-order valence-electron chi connectivity index (χ3n) is 5.92. The minimum Gasteiger partial charge on any atom is -0.418 e. The molecule has 2 aromatic carbocycles. The van der Waals surface area contributed by atoms with E-state index in [-0.39, 0.29) is 17.7 Å². The Bertz CT molecular complexity index is 1400. The average molecular weight is 539 g/mol. The van der Waals surface area contributed by atoms with Crippen molar-refractivity contribution in [3.63, 3.8) is 0 Å². The van der Waals surface area contributed by atoms with E-state index in [1.54, 1.807) is 18.2 Å². The molecule has 4 aromatic rings. The Hall–Kier alpha value is -3.73. The van der Waals surface area contributed by atoms with Gasteiger partial charge in [-0.15, -0.1) is 0 Å². The minimum atomic E-state index is -0.479. The standard InChI is InChI=1S/C25H24Cl2N8O2/c1-15-4-3-5-18(27)20(15)29-22(36)19-14-28-25(37-19)33-23-30-21(16-6-8-17(26)9-7-16)31-24(32-23)35-12-10-34(2)11-13-35/h3-9,14H,10-13H2,1-2H3,(H,29,36)(H,28,30,31,32,33). The van der Waals surface area contributed by atoms with Gasteiger partial charge in [0, 0.05) is 36.8 Å². The Labute approximate surface area is 223 Å². The van der Waals surface area contributed by atoms with Gasteiger partial charge in [-0.3, -0.25) is 10.1 Å². The van der Waals surface area contributed by atoms with Crippen LogP contribution in [-0.4, -0.2) is 64.0 Å². The first-order valence-corrected chi connectivity index (χ1v) is 12.4. The largest absolute Gasteiger partial charge is 0.418 e. The van der Waals surface area contributed by atoms with Gasteiger partial charge in [-0.1, -0.05) is 35.3 Å². The van der Waals surface area contributed by atoms with Gasteiger partial charge in [0.2, 0.25) is 17.7 Å². The van der Waals surface area contributed by atoms with Crippen LogP contribution in [0.1, 0.15) is 16.1 Å². The Morgan fingerprint density at radius 1 is 1.00 bits per heavy atom. The number of carbonyl (C=O) groups is 1. The van der Waals surface area contributed by atoms with Crippen LogP contribution in [0.2, 0.25) is 10.0 Å². The lowest BCUT2D eigenvalue weighted by Gasteiger charge is -2.32. The molecule has 190 valence electrons. The van der Waals surface area contributed by atoms with Crippen LogP contribution >= 0.6 is 23.2 Å². The highest BCUT2D eigenvalue weighted by Gasteiger charge is 2.21. The van der Waals surface area contributed by atoms with E-state index in [2.05, 4.69) is 42.4 Å². The molecule has 0 aliphatic carbocycles. The molecule has 1 fully saturated rings. The second-order valence-electron chi connectivity index (χ2n) is 8.62. The highest BCUT2D eigenvalue weighted by Crippen LogP contribution is 2.27. The fraction of sp³-hybridized carbons (Fsp3) is 0.240. The van der Waals surface area contributed by atoms with Gasteiger partial charge in [0.05, 0.1) is 16.9 Å². The molecule has 2 N–H and O–H groups in total. The summed E-state index contributed by atoms with van der Waals surface area (Å²) in [5, 5.41) is 6.79. The van der Waals surface area contributed by atoms with E-state index in [0.29, 0.717) is 27.5 Å². The maximum absolute atomic E-state index is 12.7. The Balaban J connectivity index is 1.40. The van der Waals surface area contributed by atoms with Gasteiger partial charge in [-0.2, -0.15) is 15.0 Å². The van der Waals surface area contributed by atoms with E-state index in [0.717, 1.165) is 37.3 Å². The quantitative estimate of drug-likeness (QED) is 0.354. The van der Waals surface area contributed by atoms with Crippen LogP contribution in [0.4, 0.5) is 23.6 Å². The second-order valence-corrected chi connectivity index (χ2v) is 9.46. The first-order chi connectivity index (χ1) is 17.9. The number of anilines is 4. The fourth-order valence-electron chi connectivity index (χ4n) is 3.79. The number of halogens is 2. The molecule has 1 amide bonds. The molecule has 10 nitrogen and oxygen atoms in total. The number of rotatable bonds is 6. The van der Waals surface area contributed by atoms with Gasteiger partial charge >= 0.3 is 6.01 Å². The number of benzene rings is 2. The predicted molar refractivity (Wildman–Crippen MR) is 144 cm³/mol. The molecule has 5 rings (SSSR count). The summed E-state index contributed by atoms with van der Waals surface area (Å²) >= 11 is 12.3. The topological polar surface area (TPSA) is 112 Å². The molecule has 37 heavy (non-hydrogen) atoms. The van der Waals surface area contributed by atoms with Crippen molar-refractivity contribution in [1.82, 2.24) is 24.8 Å². The third-order valence-corrected chi connectivity index (χ3v) is 6.49. The molecule has 1 aliphatic heterocycles. The number of amides is 1. The Kier molecular flexibility index (Phi) is 7.22. The minimum absolute atomic E-state index is 0.00749. The SMILES string of the molecule is Cc1cccc(Cl)c1NC(=O)c1cnc(Nc2nc(-c3ccc(Cl)cc3)nc(N3CCN(C)CC3)n2)o1. The Morgan fingerprint density at radius 2 is 1.76 bits per heavy atom. The van der Waals surface area contributed by atoms with Crippen molar-refractivity contribution in [2.45, 2.75) is 6.92 Å². The van der Waals surface area contributed by atoms with Gasteiger partial charge in [-0.05, 0) is 49.9 Å². The number of likely N-dealkylation sites (N-methyl/N-ethyl adjacent to an activating group) is 1. The maximum atomic E-state index is 12.7. The summed E-state index contributed by atoms with van der Waals surface area (Å²) in [5.74, 6) is 0.779. The smallest absolute Gasteiger partial charge is 0.302 e. The predicted octanol–water partition coefficient (Wildman–Crippen LogP) is 4.89. The summed E-state index contributed by atoms with van der Waals surface area (Å²) in [7, 11) is 2.08. The number of nitrogens with zero attached hydrogens (tertiary/aromatic N) is 6. The van der Waals surface area contributed by atoms with E-state index in [4.69, 9.17) is 32.6 Å². The maximum Gasteiger partial charge on any atom is 0.302 e. The van der Waals surface area contributed by atoms with Crippen molar-refractivity contribution in [1.29, 1.82) is 0 Å². The number of carbonyl (C=O) groups excluding carboxylic acids is 1. The molecule has 0 saturated carbocycles. The monoisotopic (exact) mass is 538 g/mol. The summed E-state index contributed by atoms with van der Waals surface area (Å²) in [4.78, 5) is 35.1. The fourth-order valence-corrected chi connectivity index (χ4v) is 4.19. The summed E-state index contributed by atoms with van der Waals surface area (Å²) in [6, 6.07) is 12.7. The molecule has 0 radical (unpaired) electrons. The summed E-state index contributed by atoms with van der Waals surface area (Å²) in [6.45, 7) is 5.21. The number of piperazine rings is 1. The van der Waals surface area contributed by atoms with Gasteiger partial charge in [0.1, 0.15) is 0 Å². The van der Waals surface area contributed by atoms with Gasteiger partial charge in [0.15, 0.2) is 5.82 Å². The van der Waals surface area contributed by atoms with Crippen LogP contribution in [0.15, 0.2) is 53.1 Å². The zero-order valence-corrected chi connectivity index (χ0v) is 21.7. The lowest BCUT2D eigenvalue weighted by Crippen LogP contribution is -2.45. The van der Waals surface area contributed by atoms with Crippen LogP contribution in [0.3, 0.4) is 0 Å². The zero-order valence-electron chi connectivity index (χ0n) is 20.2. The van der Waals surface area contributed by atoms with Crippen molar-refractivity contribution in [3.05, 3.63) is 70.0 Å². The molecule has 3 heterocycles. The molecule has 1 saturated heterocycles. The molecule has 0 atom stereocenters. The van der Waals surface area contributed by atoms with Crippen molar-refractivity contribution in [3.8, 4) is 11.4 Å². The van der Waals surface area contributed by atoms with E-state index in [1.165, 1.54) is 6.20 Å². The lowest BCUT2D eigenvalue weighted by molar-refractivity contribution is 0.0997. The average Bonchev–Trinajstić information content (AvgIpc) is 3.35. The van der Waals surface area contributed by atoms with Crippen LogP contribution < -0.4 is 15.5 Å². The van der Waals surface area contributed by atoms with Crippen LogP contribution in [0.25, 0.3) is 11.4 Å². The normalized spacial score (nSPS) is 14.0. The van der Waals surface area contributed by atoms with Crippen molar-refractivity contribution >= 4 is 52.7 Å². The van der Waals surface area contributed by atoms with Crippen molar-refractivity contribution in [2.24, 2.45) is 0 Å². The van der Waals surface area contributed by atoms with Crippen LogP contribution in [0.5, 0.6) is 0 Å². The molecule has 0 unspecified atom stereocenters. The molecule has 1 aliphatic rings. The Morgan fingerprint density at radius 3 is 2.49 bits per heavy atom. The number of hydrogen-bond acceptors (Lipinski definition) is 9. The van der Waals surface area contributed by atoms with Gasteiger partial charge in [-0.25, -0.2) is 4.98 Å².